The Labute approximate surface area is 235 Å². The number of nitrogens with zero attached hydrogens (tertiary/aromatic N) is 3. The van der Waals surface area contributed by atoms with Crippen LogP contribution in [0.4, 0.5) is 5.69 Å². The van der Waals surface area contributed by atoms with Crippen LogP contribution >= 0.6 is 11.8 Å². The van der Waals surface area contributed by atoms with Crippen molar-refractivity contribution < 1.29 is 29.1 Å². The molecule has 40 heavy (non-hydrogen) atoms. The highest BCUT2D eigenvalue weighted by molar-refractivity contribution is 8.01. The summed E-state index contributed by atoms with van der Waals surface area (Å²) in [5.74, 6) is -3.52. The maximum Gasteiger partial charge on any atom is 0.327 e. The van der Waals surface area contributed by atoms with E-state index in [1.165, 1.54) is 16.7 Å². The first kappa shape index (κ1) is 28.6. The number of benzene rings is 2. The maximum atomic E-state index is 13.3. The first-order valence-corrected chi connectivity index (χ1v) is 13.3. The SMILES string of the molecule is CN(C)c1ccc(C(=O)N/N=C/C(=O)NC(C(=O)NC2C(=O)N3[C@@H]2SC(C)(C)[C@@H]3C(=O)O)c2ccccc2)cc1. The van der Waals surface area contributed by atoms with Crippen molar-refractivity contribution in [2.24, 2.45) is 5.10 Å². The van der Waals surface area contributed by atoms with Gasteiger partial charge in [0.1, 0.15) is 29.7 Å². The molecule has 0 aliphatic carbocycles. The average molecular weight is 567 g/mol. The highest BCUT2D eigenvalue weighted by atomic mass is 32.2. The molecule has 2 heterocycles. The van der Waals surface area contributed by atoms with Crippen molar-refractivity contribution >= 4 is 53.3 Å². The quantitative estimate of drug-likeness (QED) is 0.198. The number of carbonyl (C=O) groups is 5. The fourth-order valence-electron chi connectivity index (χ4n) is 4.63. The maximum absolute atomic E-state index is 13.3. The van der Waals surface area contributed by atoms with E-state index in [0.717, 1.165) is 11.9 Å². The van der Waals surface area contributed by atoms with Crippen molar-refractivity contribution in [1.82, 2.24) is 21.0 Å². The summed E-state index contributed by atoms with van der Waals surface area (Å²) in [4.78, 5) is 66.0. The molecular formula is C27H30N6O6S. The molecule has 2 unspecified atom stereocenters. The number of hydrogen-bond acceptors (Lipinski definition) is 8. The number of rotatable bonds is 9. The molecule has 4 amide bonds. The molecule has 4 rings (SSSR count). The number of thioether (sulfide) groups is 1. The van der Waals surface area contributed by atoms with Crippen LogP contribution in [-0.2, 0) is 19.2 Å². The largest absolute Gasteiger partial charge is 0.480 e. The number of fused-ring (bicyclic) bond motifs is 1. The molecule has 12 nitrogen and oxygen atoms in total. The van der Waals surface area contributed by atoms with Crippen LogP contribution in [0.2, 0.25) is 0 Å². The molecular weight excluding hydrogens is 536 g/mol. The molecule has 2 fully saturated rings. The zero-order chi connectivity index (χ0) is 29.2. The van der Waals surface area contributed by atoms with E-state index in [9.17, 15) is 29.1 Å². The van der Waals surface area contributed by atoms with Crippen LogP contribution in [-0.4, -0.2) is 82.1 Å². The van der Waals surface area contributed by atoms with Crippen LogP contribution in [0.1, 0.15) is 35.8 Å². The van der Waals surface area contributed by atoms with Gasteiger partial charge >= 0.3 is 5.97 Å². The first-order valence-electron chi connectivity index (χ1n) is 12.4. The fourth-order valence-corrected chi connectivity index (χ4v) is 6.26. The van der Waals surface area contributed by atoms with Gasteiger partial charge in [-0.15, -0.1) is 11.8 Å². The molecule has 0 spiro atoms. The van der Waals surface area contributed by atoms with Crippen molar-refractivity contribution in [1.29, 1.82) is 0 Å². The number of carbonyl (C=O) groups excluding carboxylic acids is 4. The van der Waals surface area contributed by atoms with E-state index >= 15 is 0 Å². The van der Waals surface area contributed by atoms with Gasteiger partial charge in [-0.25, -0.2) is 10.2 Å². The Kier molecular flexibility index (Phi) is 8.14. The summed E-state index contributed by atoms with van der Waals surface area (Å²) in [6.07, 6.45) is 0.846. The normalized spacial score (nSPS) is 21.6. The number of β-lactam (4-membered cyclic amide) rings is 1. The lowest BCUT2D eigenvalue weighted by molar-refractivity contribution is -0.161. The van der Waals surface area contributed by atoms with Crippen LogP contribution in [0.25, 0.3) is 0 Å². The lowest BCUT2D eigenvalue weighted by Crippen LogP contribution is -2.71. The van der Waals surface area contributed by atoms with Crippen LogP contribution in [0.3, 0.4) is 0 Å². The average Bonchev–Trinajstić information content (AvgIpc) is 3.18. The van der Waals surface area contributed by atoms with E-state index in [1.807, 2.05) is 19.0 Å². The molecule has 13 heteroatoms. The van der Waals surface area contributed by atoms with Gasteiger partial charge < -0.3 is 25.5 Å². The summed E-state index contributed by atoms with van der Waals surface area (Å²) < 4.78 is -0.742. The third-order valence-corrected chi connectivity index (χ3v) is 8.22. The molecule has 2 aliphatic heterocycles. The van der Waals surface area contributed by atoms with E-state index in [0.29, 0.717) is 11.1 Å². The second-order valence-electron chi connectivity index (χ2n) is 10.1. The minimum atomic E-state index is -1.18. The predicted molar refractivity (Wildman–Crippen MR) is 150 cm³/mol. The topological polar surface area (TPSA) is 161 Å². The molecule has 4 atom stereocenters. The van der Waals surface area contributed by atoms with E-state index < -0.39 is 57.8 Å². The van der Waals surface area contributed by atoms with E-state index in [1.54, 1.807) is 68.4 Å². The molecule has 4 N–H and O–H groups in total. The molecule has 0 aromatic heterocycles. The van der Waals surface area contributed by atoms with Crippen LogP contribution in [0.5, 0.6) is 0 Å². The highest BCUT2D eigenvalue weighted by Crippen LogP contribution is 2.50. The second kappa shape index (κ2) is 11.4. The van der Waals surface area contributed by atoms with Gasteiger partial charge in [0.05, 0.1) is 0 Å². The number of amides is 4. The Morgan fingerprint density at radius 2 is 1.73 bits per heavy atom. The van der Waals surface area contributed by atoms with Crippen LogP contribution in [0.15, 0.2) is 59.7 Å². The summed E-state index contributed by atoms with van der Waals surface area (Å²) in [6, 6.07) is 12.1. The van der Waals surface area contributed by atoms with E-state index in [2.05, 4.69) is 21.2 Å². The smallest absolute Gasteiger partial charge is 0.327 e. The zero-order valence-corrected chi connectivity index (χ0v) is 23.1. The number of aliphatic carboxylic acids is 1. The minimum absolute atomic E-state index is 0.349. The lowest BCUT2D eigenvalue weighted by Gasteiger charge is -2.44. The summed E-state index contributed by atoms with van der Waals surface area (Å²) >= 11 is 1.30. The highest BCUT2D eigenvalue weighted by Gasteiger charge is 2.64. The molecule has 2 aromatic rings. The van der Waals surface area contributed by atoms with Gasteiger partial charge in [0, 0.05) is 30.1 Å². The molecule has 0 saturated carbocycles. The Bertz CT molecular complexity index is 1350. The number of anilines is 1. The zero-order valence-electron chi connectivity index (χ0n) is 22.3. The van der Waals surface area contributed by atoms with Gasteiger partial charge in [0.2, 0.25) is 11.8 Å². The third-order valence-electron chi connectivity index (χ3n) is 6.65. The number of carboxylic acid groups (broad SMARTS) is 1. The predicted octanol–water partition coefficient (Wildman–Crippen LogP) is 0.957. The molecule has 210 valence electrons. The summed E-state index contributed by atoms with van der Waals surface area (Å²) in [5, 5.41) is 18.0. The Balaban J connectivity index is 1.41. The van der Waals surface area contributed by atoms with Crippen molar-refractivity contribution in [3.8, 4) is 0 Å². The van der Waals surface area contributed by atoms with E-state index in [4.69, 9.17) is 0 Å². The molecule has 0 radical (unpaired) electrons. The third kappa shape index (κ3) is 5.78. The fraction of sp³-hybridized carbons (Fsp3) is 0.333. The van der Waals surface area contributed by atoms with Gasteiger partial charge in [-0.3, -0.25) is 19.2 Å². The molecule has 0 bridgehead atoms. The number of nitrogens with one attached hydrogen (secondary N) is 3. The van der Waals surface area contributed by atoms with Gasteiger partial charge in [0.25, 0.3) is 11.8 Å². The number of hydrogen-bond donors (Lipinski definition) is 4. The van der Waals surface area contributed by atoms with E-state index in [-0.39, 0.29) is 0 Å². The van der Waals surface area contributed by atoms with Crippen molar-refractivity contribution in [3.05, 3.63) is 65.7 Å². The van der Waals surface area contributed by atoms with Crippen LogP contribution < -0.4 is 21.0 Å². The molecule has 2 aromatic carbocycles. The molecule has 2 saturated heterocycles. The Morgan fingerprint density at radius 3 is 2.33 bits per heavy atom. The number of carboxylic acids is 1. The minimum Gasteiger partial charge on any atom is -0.480 e. The standard InChI is InChI=1S/C27H30N6O6S/c1-27(2)21(26(38)39)33-24(37)20(25(33)40-27)30-23(36)19(15-8-6-5-7-9-15)29-18(34)14-28-31-22(35)16-10-12-17(13-11-16)32(3)4/h5-14,19-21,25H,1-4H3,(H,29,34)(H,30,36)(H,31,35)(H,38,39)/b28-14+/t19?,20?,21-,25+/m0/s1. The summed E-state index contributed by atoms with van der Waals surface area (Å²) in [5.41, 5.74) is 4.00. The van der Waals surface area contributed by atoms with Crippen molar-refractivity contribution in [3.63, 3.8) is 0 Å². The second-order valence-corrected chi connectivity index (χ2v) is 11.8. The summed E-state index contributed by atoms with van der Waals surface area (Å²) in [7, 11) is 3.76. The Morgan fingerprint density at radius 1 is 1.07 bits per heavy atom. The van der Waals surface area contributed by atoms with Crippen molar-refractivity contribution in [2.75, 3.05) is 19.0 Å². The summed E-state index contributed by atoms with van der Waals surface area (Å²) in [6.45, 7) is 3.48. The van der Waals surface area contributed by atoms with Crippen LogP contribution in [0, 0.1) is 0 Å². The van der Waals surface area contributed by atoms with Gasteiger partial charge in [-0.1, -0.05) is 30.3 Å². The molecule has 2 aliphatic rings. The monoisotopic (exact) mass is 566 g/mol. The lowest BCUT2D eigenvalue weighted by atomic mass is 9.95. The van der Waals surface area contributed by atoms with Crippen molar-refractivity contribution in [2.45, 2.75) is 42.1 Å². The number of hydrazone groups is 1. The Hall–Kier alpha value is -4.39. The van der Waals surface area contributed by atoms with Gasteiger partial charge in [-0.2, -0.15) is 5.10 Å². The first-order chi connectivity index (χ1) is 18.9. The van der Waals surface area contributed by atoms with Gasteiger partial charge in [0.15, 0.2) is 0 Å². The van der Waals surface area contributed by atoms with Gasteiger partial charge in [-0.05, 0) is 43.7 Å².